The van der Waals surface area contributed by atoms with Crippen LogP contribution in [0, 0.1) is 5.82 Å². The van der Waals surface area contributed by atoms with E-state index >= 15 is 0 Å². The third-order valence-corrected chi connectivity index (χ3v) is 5.63. The van der Waals surface area contributed by atoms with Crippen molar-refractivity contribution >= 4 is 23.6 Å². The first-order valence-corrected chi connectivity index (χ1v) is 10.1. The molecule has 1 aliphatic rings. The van der Waals surface area contributed by atoms with Crippen molar-refractivity contribution in [2.24, 2.45) is 0 Å². The predicted molar refractivity (Wildman–Crippen MR) is 118 cm³/mol. The Labute approximate surface area is 188 Å². The van der Waals surface area contributed by atoms with Gasteiger partial charge in [0.25, 0.3) is 0 Å². The van der Waals surface area contributed by atoms with Gasteiger partial charge in [0.15, 0.2) is 0 Å². The van der Waals surface area contributed by atoms with Gasteiger partial charge in [-0.15, -0.1) is 0 Å². The summed E-state index contributed by atoms with van der Waals surface area (Å²) in [6, 6.07) is 10.1. The molecule has 1 aliphatic heterocycles. The van der Waals surface area contributed by atoms with Crippen LogP contribution in [0.15, 0.2) is 72.8 Å². The van der Waals surface area contributed by atoms with Gasteiger partial charge in [0, 0.05) is 24.2 Å². The van der Waals surface area contributed by atoms with Gasteiger partial charge in [0.1, 0.15) is 23.6 Å². The van der Waals surface area contributed by atoms with Gasteiger partial charge in [0.2, 0.25) is 0 Å². The summed E-state index contributed by atoms with van der Waals surface area (Å²) in [6.45, 7) is 7.38. The van der Waals surface area contributed by atoms with Crippen molar-refractivity contribution < 1.29 is 22.4 Å². The van der Waals surface area contributed by atoms with E-state index in [0.29, 0.717) is 24.8 Å². The fraction of sp³-hybridized carbons (Fsp3) is 0.208. The van der Waals surface area contributed by atoms with E-state index in [1.54, 1.807) is 0 Å². The standard InChI is InChI=1S/C24H21ClF4N2O/c1-15-11-23(24(27,28)29)30(3)16(2)31(15)22-13-19(20(25)14-21(22)26)12-18-8-5-4-7-17(18)9-6-10-32/h4-5,7-8,10-11,13-14H,1-2,6,9,12H2,3H3. The number of carbonyl (C=O) groups is 1. The van der Waals surface area contributed by atoms with Crippen LogP contribution >= 0.6 is 11.6 Å². The Morgan fingerprint density at radius 1 is 1.09 bits per heavy atom. The molecule has 0 fully saturated rings. The maximum absolute atomic E-state index is 14.9. The highest BCUT2D eigenvalue weighted by Crippen LogP contribution is 2.40. The smallest absolute Gasteiger partial charge is 0.327 e. The topological polar surface area (TPSA) is 23.6 Å². The van der Waals surface area contributed by atoms with Crippen LogP contribution < -0.4 is 4.90 Å². The number of allylic oxidation sites excluding steroid dienone is 2. The van der Waals surface area contributed by atoms with Crippen LogP contribution in [0.25, 0.3) is 0 Å². The number of anilines is 1. The molecular formula is C24H21ClF4N2O. The first-order chi connectivity index (χ1) is 15.0. The molecule has 32 heavy (non-hydrogen) atoms. The van der Waals surface area contributed by atoms with Crippen LogP contribution in [0.4, 0.5) is 23.2 Å². The zero-order valence-electron chi connectivity index (χ0n) is 17.3. The summed E-state index contributed by atoms with van der Waals surface area (Å²) < 4.78 is 54.8. The van der Waals surface area contributed by atoms with Gasteiger partial charge in [-0.1, -0.05) is 49.0 Å². The highest BCUT2D eigenvalue weighted by molar-refractivity contribution is 6.31. The van der Waals surface area contributed by atoms with Crippen molar-refractivity contribution in [3.05, 3.63) is 100 Å². The lowest BCUT2D eigenvalue weighted by Crippen LogP contribution is -2.40. The molecule has 0 bridgehead atoms. The lowest BCUT2D eigenvalue weighted by Gasteiger charge is -2.39. The molecule has 1 heterocycles. The molecule has 0 N–H and O–H groups in total. The molecule has 0 atom stereocenters. The molecular weight excluding hydrogens is 444 g/mol. The molecule has 0 spiro atoms. The van der Waals surface area contributed by atoms with Crippen LogP contribution in [-0.2, 0) is 17.6 Å². The van der Waals surface area contributed by atoms with Crippen molar-refractivity contribution in [2.75, 3.05) is 11.9 Å². The second-order valence-electron chi connectivity index (χ2n) is 7.38. The average Bonchev–Trinajstić information content (AvgIpc) is 2.72. The van der Waals surface area contributed by atoms with Crippen molar-refractivity contribution in [3.8, 4) is 0 Å². The van der Waals surface area contributed by atoms with Gasteiger partial charge >= 0.3 is 6.18 Å². The van der Waals surface area contributed by atoms with Crippen molar-refractivity contribution in [1.82, 2.24) is 4.90 Å². The number of carbonyl (C=O) groups excluding carboxylic acids is 1. The Morgan fingerprint density at radius 2 is 1.75 bits per heavy atom. The molecule has 8 heteroatoms. The minimum Gasteiger partial charge on any atom is -0.327 e. The first-order valence-electron chi connectivity index (χ1n) is 9.73. The maximum atomic E-state index is 14.9. The number of hydrogen-bond acceptors (Lipinski definition) is 3. The first kappa shape index (κ1) is 23.6. The number of rotatable bonds is 6. The predicted octanol–water partition coefficient (Wildman–Crippen LogP) is 6.38. The summed E-state index contributed by atoms with van der Waals surface area (Å²) in [4.78, 5) is 12.8. The highest BCUT2D eigenvalue weighted by Gasteiger charge is 2.41. The summed E-state index contributed by atoms with van der Waals surface area (Å²) in [5, 5.41) is 0.185. The Hall–Kier alpha value is -3.06. The van der Waals surface area contributed by atoms with Crippen molar-refractivity contribution in [3.63, 3.8) is 0 Å². The largest absolute Gasteiger partial charge is 0.431 e. The number of benzene rings is 2. The molecule has 0 saturated carbocycles. The third kappa shape index (κ3) is 4.72. The van der Waals surface area contributed by atoms with E-state index in [0.717, 1.165) is 34.5 Å². The highest BCUT2D eigenvalue weighted by atomic mass is 35.5. The summed E-state index contributed by atoms with van der Waals surface area (Å²) in [6.07, 6.45) is -1.65. The number of aldehydes is 1. The van der Waals surface area contributed by atoms with Crippen molar-refractivity contribution in [1.29, 1.82) is 0 Å². The summed E-state index contributed by atoms with van der Waals surface area (Å²) in [7, 11) is 1.21. The van der Waals surface area contributed by atoms with E-state index in [1.807, 2.05) is 24.3 Å². The van der Waals surface area contributed by atoms with Crippen molar-refractivity contribution in [2.45, 2.75) is 25.4 Å². The molecule has 168 valence electrons. The van der Waals surface area contributed by atoms with Crippen LogP contribution in [0.3, 0.4) is 0 Å². The van der Waals surface area contributed by atoms with Gasteiger partial charge in [-0.3, -0.25) is 4.90 Å². The Bertz CT molecular complexity index is 1110. The Morgan fingerprint density at radius 3 is 2.38 bits per heavy atom. The Kier molecular flexibility index (Phi) is 6.79. The molecule has 0 amide bonds. The van der Waals surface area contributed by atoms with E-state index in [1.165, 1.54) is 18.0 Å². The van der Waals surface area contributed by atoms with Crippen LogP contribution in [0.2, 0.25) is 5.02 Å². The molecule has 3 nitrogen and oxygen atoms in total. The zero-order valence-corrected chi connectivity index (χ0v) is 18.1. The summed E-state index contributed by atoms with van der Waals surface area (Å²) in [5.74, 6) is -0.809. The normalized spacial score (nSPS) is 14.6. The lowest BCUT2D eigenvalue weighted by atomic mass is 9.96. The quantitative estimate of drug-likeness (QED) is 0.366. The summed E-state index contributed by atoms with van der Waals surface area (Å²) >= 11 is 6.30. The summed E-state index contributed by atoms with van der Waals surface area (Å²) in [5.41, 5.74) is 1.44. The second kappa shape index (κ2) is 9.20. The molecule has 0 saturated heterocycles. The monoisotopic (exact) mass is 464 g/mol. The molecule has 2 aromatic carbocycles. The molecule has 0 unspecified atom stereocenters. The van der Waals surface area contributed by atoms with E-state index < -0.39 is 17.7 Å². The van der Waals surface area contributed by atoms with Crippen LogP contribution in [0.1, 0.15) is 23.1 Å². The number of alkyl halides is 3. The fourth-order valence-electron chi connectivity index (χ4n) is 3.62. The van der Waals surface area contributed by atoms with Gasteiger partial charge in [-0.25, -0.2) is 4.39 Å². The fourth-order valence-corrected chi connectivity index (χ4v) is 3.84. The average molecular weight is 465 g/mol. The number of nitrogens with zero attached hydrogens (tertiary/aromatic N) is 2. The number of hydrogen-bond donors (Lipinski definition) is 0. The molecule has 0 aliphatic carbocycles. The minimum atomic E-state index is -4.61. The van der Waals surface area contributed by atoms with Gasteiger partial charge in [-0.05, 0) is 47.7 Å². The molecule has 2 aromatic rings. The van der Waals surface area contributed by atoms with Gasteiger partial charge < -0.3 is 9.69 Å². The lowest BCUT2D eigenvalue weighted by molar-refractivity contribution is -0.108. The third-order valence-electron chi connectivity index (χ3n) is 5.28. The SMILES string of the molecule is C=C1C=C(C(F)(F)F)N(C)C(=C)N1c1cc(Cc2ccccc2CCC=O)c(Cl)cc1F. The van der Waals surface area contributed by atoms with E-state index in [2.05, 4.69) is 13.2 Å². The number of halogens is 5. The number of aryl methyl sites for hydroxylation is 1. The van der Waals surface area contributed by atoms with E-state index in [-0.39, 0.29) is 22.2 Å². The second-order valence-corrected chi connectivity index (χ2v) is 7.78. The molecule has 3 rings (SSSR count). The molecule has 0 radical (unpaired) electrons. The maximum Gasteiger partial charge on any atom is 0.431 e. The van der Waals surface area contributed by atoms with E-state index in [9.17, 15) is 22.4 Å². The minimum absolute atomic E-state index is 0.00547. The zero-order chi connectivity index (χ0) is 23.6. The van der Waals surface area contributed by atoms with Crippen LogP contribution in [0.5, 0.6) is 0 Å². The Balaban J connectivity index is 2.02. The molecule has 0 aromatic heterocycles. The van der Waals surface area contributed by atoms with Gasteiger partial charge in [-0.2, -0.15) is 13.2 Å². The van der Waals surface area contributed by atoms with E-state index in [4.69, 9.17) is 11.6 Å². The van der Waals surface area contributed by atoms with Gasteiger partial charge in [0.05, 0.1) is 5.69 Å². The van der Waals surface area contributed by atoms with Crippen LogP contribution in [-0.4, -0.2) is 24.4 Å².